The van der Waals surface area contributed by atoms with E-state index in [4.69, 9.17) is 4.74 Å². The summed E-state index contributed by atoms with van der Waals surface area (Å²) in [6.07, 6.45) is 1.84. The summed E-state index contributed by atoms with van der Waals surface area (Å²) in [6, 6.07) is 1.88. The number of anilines is 1. The van der Waals surface area contributed by atoms with Crippen LogP contribution >= 0.6 is 11.8 Å². The van der Waals surface area contributed by atoms with E-state index in [1.54, 1.807) is 6.20 Å². The van der Waals surface area contributed by atoms with Crippen LogP contribution in [0.15, 0.2) is 12.3 Å². The maximum absolute atomic E-state index is 5.62. The van der Waals surface area contributed by atoms with Gasteiger partial charge in [-0.1, -0.05) is 0 Å². The zero-order chi connectivity index (χ0) is 10.5. The molecule has 0 bridgehead atoms. The maximum Gasteiger partial charge on any atom is 0.160 e. The summed E-state index contributed by atoms with van der Waals surface area (Å²) < 4.78 is 5.62. The van der Waals surface area contributed by atoms with Gasteiger partial charge < -0.3 is 10.1 Å². The first-order valence-corrected chi connectivity index (χ1v) is 6.32. The van der Waals surface area contributed by atoms with Gasteiger partial charge in [0, 0.05) is 24.2 Å². The van der Waals surface area contributed by atoms with Crippen LogP contribution in [0.5, 0.6) is 0 Å². The molecule has 0 amide bonds. The van der Waals surface area contributed by atoms with Gasteiger partial charge in [0.05, 0.1) is 6.61 Å². The summed E-state index contributed by atoms with van der Waals surface area (Å²) in [5, 5.41) is 3.17. The molecule has 0 aliphatic carbocycles. The van der Waals surface area contributed by atoms with Gasteiger partial charge in [-0.2, -0.15) is 11.8 Å². The Balaban J connectivity index is 2.09. The minimum Gasteiger partial charge on any atom is -0.370 e. The molecule has 2 heterocycles. The molecule has 4 nitrogen and oxygen atoms in total. The maximum atomic E-state index is 5.62. The van der Waals surface area contributed by atoms with Crippen molar-refractivity contribution < 1.29 is 4.74 Å². The van der Waals surface area contributed by atoms with Crippen molar-refractivity contribution in [2.24, 2.45) is 0 Å². The summed E-state index contributed by atoms with van der Waals surface area (Å²) in [6.45, 7) is 3.72. The quantitative estimate of drug-likeness (QED) is 0.848. The van der Waals surface area contributed by atoms with Crippen molar-refractivity contribution in [2.45, 2.75) is 13.0 Å². The average Bonchev–Trinajstić information content (AvgIpc) is 2.31. The SMILES string of the molecule is CCNc1ccnc(C2CSCCO2)n1. The van der Waals surface area contributed by atoms with E-state index in [0.29, 0.717) is 0 Å². The Kier molecular flexibility index (Phi) is 3.80. The van der Waals surface area contributed by atoms with Gasteiger partial charge in [-0.15, -0.1) is 0 Å². The van der Waals surface area contributed by atoms with E-state index >= 15 is 0 Å². The predicted octanol–water partition coefficient (Wildman–Crippen LogP) is 1.71. The highest BCUT2D eigenvalue weighted by Crippen LogP contribution is 2.24. The summed E-state index contributed by atoms with van der Waals surface area (Å²) >= 11 is 1.89. The number of aromatic nitrogens is 2. The highest BCUT2D eigenvalue weighted by Gasteiger charge is 2.19. The van der Waals surface area contributed by atoms with Crippen LogP contribution in [0, 0.1) is 0 Å². The van der Waals surface area contributed by atoms with Gasteiger partial charge in [0.15, 0.2) is 5.82 Å². The summed E-state index contributed by atoms with van der Waals surface area (Å²) in [5.41, 5.74) is 0. The zero-order valence-electron chi connectivity index (χ0n) is 8.77. The third-order valence-electron chi connectivity index (χ3n) is 2.14. The van der Waals surface area contributed by atoms with Gasteiger partial charge in [0.2, 0.25) is 0 Å². The standard InChI is InChI=1S/C10H15N3OS/c1-2-11-9-3-4-12-10(13-9)8-7-15-6-5-14-8/h3-4,8H,2,5-7H2,1H3,(H,11,12,13). The molecule has 82 valence electrons. The number of thioether (sulfide) groups is 1. The minimum absolute atomic E-state index is 0.0577. The molecule has 2 rings (SSSR count). The van der Waals surface area contributed by atoms with Crippen LogP contribution in [-0.4, -0.2) is 34.6 Å². The number of hydrogen-bond acceptors (Lipinski definition) is 5. The second kappa shape index (κ2) is 5.32. The van der Waals surface area contributed by atoms with Crippen LogP contribution in [0.2, 0.25) is 0 Å². The van der Waals surface area contributed by atoms with E-state index < -0.39 is 0 Å². The van der Waals surface area contributed by atoms with E-state index in [0.717, 1.165) is 36.3 Å². The molecule has 0 saturated carbocycles. The fourth-order valence-electron chi connectivity index (χ4n) is 1.45. The van der Waals surface area contributed by atoms with Crippen molar-refractivity contribution >= 4 is 17.6 Å². The first-order chi connectivity index (χ1) is 7.40. The number of nitrogens with one attached hydrogen (secondary N) is 1. The van der Waals surface area contributed by atoms with Crippen molar-refractivity contribution in [3.8, 4) is 0 Å². The Labute approximate surface area is 93.8 Å². The normalized spacial score (nSPS) is 21.3. The predicted molar refractivity (Wildman–Crippen MR) is 62.2 cm³/mol. The van der Waals surface area contributed by atoms with Gasteiger partial charge in [-0.25, -0.2) is 9.97 Å². The highest BCUT2D eigenvalue weighted by atomic mass is 32.2. The fraction of sp³-hybridized carbons (Fsp3) is 0.600. The van der Waals surface area contributed by atoms with Gasteiger partial charge in [0.25, 0.3) is 0 Å². The molecule has 1 aliphatic rings. The third kappa shape index (κ3) is 2.82. The molecule has 0 aromatic carbocycles. The fourth-order valence-corrected chi connectivity index (χ4v) is 2.29. The van der Waals surface area contributed by atoms with Gasteiger partial charge in [0.1, 0.15) is 11.9 Å². The molecule has 1 unspecified atom stereocenters. The molecule has 1 aliphatic heterocycles. The van der Waals surface area contributed by atoms with Crippen molar-refractivity contribution in [3.63, 3.8) is 0 Å². The number of rotatable bonds is 3. The molecule has 1 aromatic heterocycles. The van der Waals surface area contributed by atoms with Gasteiger partial charge in [-0.3, -0.25) is 0 Å². The second-order valence-electron chi connectivity index (χ2n) is 3.26. The molecular formula is C10H15N3OS. The lowest BCUT2D eigenvalue weighted by molar-refractivity contribution is 0.0695. The number of nitrogens with zero attached hydrogens (tertiary/aromatic N) is 2. The van der Waals surface area contributed by atoms with E-state index in [2.05, 4.69) is 22.2 Å². The Morgan fingerprint density at radius 1 is 1.67 bits per heavy atom. The van der Waals surface area contributed by atoms with Gasteiger partial charge >= 0.3 is 0 Å². The Morgan fingerprint density at radius 2 is 2.60 bits per heavy atom. The lowest BCUT2D eigenvalue weighted by Crippen LogP contribution is -2.18. The summed E-state index contributed by atoms with van der Waals surface area (Å²) in [4.78, 5) is 8.68. The van der Waals surface area contributed by atoms with E-state index in [1.165, 1.54) is 0 Å². The first kappa shape index (κ1) is 10.7. The zero-order valence-corrected chi connectivity index (χ0v) is 9.59. The molecule has 1 fully saturated rings. The summed E-state index contributed by atoms with van der Waals surface area (Å²) in [5.74, 6) is 3.70. The average molecular weight is 225 g/mol. The van der Waals surface area contributed by atoms with Crippen LogP contribution in [-0.2, 0) is 4.74 Å². The van der Waals surface area contributed by atoms with E-state index in [9.17, 15) is 0 Å². The molecule has 5 heteroatoms. The largest absolute Gasteiger partial charge is 0.370 e. The molecule has 1 saturated heterocycles. The molecule has 1 N–H and O–H groups in total. The van der Waals surface area contributed by atoms with Crippen molar-refractivity contribution in [3.05, 3.63) is 18.1 Å². The first-order valence-electron chi connectivity index (χ1n) is 5.16. The topological polar surface area (TPSA) is 47.0 Å². The molecule has 0 radical (unpaired) electrons. The lowest BCUT2D eigenvalue weighted by Gasteiger charge is -2.21. The molecule has 15 heavy (non-hydrogen) atoms. The van der Waals surface area contributed by atoms with E-state index in [1.807, 2.05) is 17.8 Å². The molecular weight excluding hydrogens is 210 g/mol. The van der Waals surface area contributed by atoms with Crippen molar-refractivity contribution in [1.29, 1.82) is 0 Å². The van der Waals surface area contributed by atoms with Crippen molar-refractivity contribution in [2.75, 3.05) is 30.0 Å². The highest BCUT2D eigenvalue weighted by molar-refractivity contribution is 7.99. The number of hydrogen-bond donors (Lipinski definition) is 1. The second-order valence-corrected chi connectivity index (χ2v) is 4.41. The van der Waals surface area contributed by atoms with Crippen molar-refractivity contribution in [1.82, 2.24) is 9.97 Å². The monoisotopic (exact) mass is 225 g/mol. The third-order valence-corrected chi connectivity index (χ3v) is 3.13. The Morgan fingerprint density at radius 3 is 3.33 bits per heavy atom. The van der Waals surface area contributed by atoms with Crippen LogP contribution in [0.3, 0.4) is 0 Å². The lowest BCUT2D eigenvalue weighted by atomic mass is 10.3. The summed E-state index contributed by atoms with van der Waals surface area (Å²) in [7, 11) is 0. The Bertz CT molecular complexity index is 315. The molecule has 0 spiro atoms. The molecule has 1 aromatic rings. The van der Waals surface area contributed by atoms with Crippen LogP contribution in [0.1, 0.15) is 18.9 Å². The van der Waals surface area contributed by atoms with Crippen LogP contribution in [0.25, 0.3) is 0 Å². The van der Waals surface area contributed by atoms with Crippen LogP contribution in [0.4, 0.5) is 5.82 Å². The van der Waals surface area contributed by atoms with Crippen LogP contribution < -0.4 is 5.32 Å². The molecule has 1 atom stereocenters. The van der Waals surface area contributed by atoms with E-state index in [-0.39, 0.29) is 6.10 Å². The Hall–Kier alpha value is -0.810. The minimum atomic E-state index is 0.0577. The van der Waals surface area contributed by atoms with Gasteiger partial charge in [-0.05, 0) is 13.0 Å². The smallest absolute Gasteiger partial charge is 0.160 e. The number of ether oxygens (including phenoxy) is 1.